The topological polar surface area (TPSA) is 55.8 Å². The lowest BCUT2D eigenvalue weighted by atomic mass is 9.79. The molecule has 0 saturated carbocycles. The first-order valence-electron chi connectivity index (χ1n) is 9.14. The molecule has 1 N–H and O–H groups in total. The maximum absolute atomic E-state index is 13.3. The Morgan fingerprint density at radius 2 is 1.69 bits per heavy atom. The molecule has 3 aromatic rings. The third kappa shape index (κ3) is 3.36. The van der Waals surface area contributed by atoms with Crippen LogP contribution in [0.4, 0.5) is 4.39 Å². The Morgan fingerprint density at radius 3 is 2.38 bits per heavy atom. The fourth-order valence-electron chi connectivity index (χ4n) is 3.65. The van der Waals surface area contributed by atoms with Gasteiger partial charge in [-0.3, -0.25) is 4.79 Å². The number of aliphatic hydroxyl groups is 1. The van der Waals surface area contributed by atoms with Crippen molar-refractivity contribution >= 4 is 11.5 Å². The van der Waals surface area contributed by atoms with E-state index in [4.69, 9.17) is 9.47 Å². The molecule has 0 aliphatic carbocycles. The first-order valence-corrected chi connectivity index (χ1v) is 9.14. The summed E-state index contributed by atoms with van der Waals surface area (Å²) in [6.07, 6.45) is 0. The van der Waals surface area contributed by atoms with Crippen LogP contribution in [0.15, 0.2) is 72.3 Å². The molecule has 5 heteroatoms. The quantitative estimate of drug-likeness (QED) is 0.463. The lowest BCUT2D eigenvalue weighted by Gasteiger charge is -2.30. The van der Waals surface area contributed by atoms with Crippen molar-refractivity contribution in [1.29, 1.82) is 0 Å². The van der Waals surface area contributed by atoms with Gasteiger partial charge in [-0.1, -0.05) is 18.2 Å². The molecule has 1 aliphatic heterocycles. The number of ether oxygens (including phenoxy) is 2. The van der Waals surface area contributed by atoms with E-state index in [-0.39, 0.29) is 17.1 Å². The predicted molar refractivity (Wildman–Crippen MR) is 108 cm³/mol. The molecule has 0 saturated heterocycles. The number of para-hydroxylation sites is 1. The average molecular weight is 390 g/mol. The van der Waals surface area contributed by atoms with Gasteiger partial charge in [0.1, 0.15) is 28.8 Å². The van der Waals surface area contributed by atoms with Crippen LogP contribution in [0.5, 0.6) is 17.2 Å². The van der Waals surface area contributed by atoms with Crippen molar-refractivity contribution in [2.24, 2.45) is 0 Å². The molecule has 0 fully saturated rings. The molecule has 3 aromatic carbocycles. The summed E-state index contributed by atoms with van der Waals surface area (Å²) in [6.45, 7) is 1.41. The molecule has 4 nitrogen and oxygen atoms in total. The number of hydrogen-bond acceptors (Lipinski definition) is 4. The van der Waals surface area contributed by atoms with Gasteiger partial charge in [-0.2, -0.15) is 0 Å². The summed E-state index contributed by atoms with van der Waals surface area (Å²) in [5.74, 6) is 0.349. The Hall–Kier alpha value is -3.60. The zero-order chi connectivity index (χ0) is 20.5. The third-order valence-corrected chi connectivity index (χ3v) is 5.02. The van der Waals surface area contributed by atoms with Crippen molar-refractivity contribution in [3.05, 3.63) is 94.8 Å². The summed E-state index contributed by atoms with van der Waals surface area (Å²) in [5.41, 5.74) is 2.04. The van der Waals surface area contributed by atoms with Crippen molar-refractivity contribution < 1.29 is 23.8 Å². The molecule has 0 aromatic heterocycles. The number of benzene rings is 3. The van der Waals surface area contributed by atoms with Crippen LogP contribution in [0.25, 0.3) is 5.76 Å². The highest BCUT2D eigenvalue weighted by atomic mass is 19.1. The third-order valence-electron chi connectivity index (χ3n) is 5.02. The van der Waals surface area contributed by atoms with Crippen molar-refractivity contribution in [3.8, 4) is 17.2 Å². The number of allylic oxidation sites excluding steroid dienone is 1. The number of halogens is 1. The van der Waals surface area contributed by atoms with Crippen molar-refractivity contribution in [3.63, 3.8) is 0 Å². The average Bonchev–Trinajstić information content (AvgIpc) is 2.73. The number of rotatable bonds is 4. The van der Waals surface area contributed by atoms with Gasteiger partial charge in [0, 0.05) is 28.2 Å². The molecule has 1 aliphatic rings. The summed E-state index contributed by atoms with van der Waals surface area (Å²) in [6, 6.07) is 18.1. The van der Waals surface area contributed by atoms with Crippen LogP contribution in [0.1, 0.15) is 29.5 Å². The van der Waals surface area contributed by atoms with Crippen LogP contribution in [0, 0.1) is 5.82 Å². The van der Waals surface area contributed by atoms with Gasteiger partial charge in [-0.25, -0.2) is 4.39 Å². The minimum atomic E-state index is -0.562. The minimum absolute atomic E-state index is 0.187. The van der Waals surface area contributed by atoms with Crippen molar-refractivity contribution in [2.75, 3.05) is 7.11 Å². The first kappa shape index (κ1) is 18.7. The van der Waals surface area contributed by atoms with E-state index in [0.29, 0.717) is 28.4 Å². The first-order chi connectivity index (χ1) is 14.0. The van der Waals surface area contributed by atoms with E-state index in [1.807, 2.05) is 24.3 Å². The summed E-state index contributed by atoms with van der Waals surface area (Å²) in [5, 5.41) is 11.0. The predicted octanol–water partition coefficient (Wildman–Crippen LogP) is 5.63. The Balaban J connectivity index is 1.99. The van der Waals surface area contributed by atoms with E-state index in [1.165, 1.54) is 31.2 Å². The summed E-state index contributed by atoms with van der Waals surface area (Å²) >= 11 is 0. The monoisotopic (exact) mass is 390 g/mol. The summed E-state index contributed by atoms with van der Waals surface area (Å²) < 4.78 is 24.7. The molecule has 0 bridgehead atoms. The maximum atomic E-state index is 13.3. The van der Waals surface area contributed by atoms with Gasteiger partial charge in [0.25, 0.3) is 0 Å². The highest BCUT2D eigenvalue weighted by Gasteiger charge is 2.34. The lowest BCUT2D eigenvalue weighted by molar-refractivity contribution is -0.113. The molecule has 4 rings (SSSR count). The van der Waals surface area contributed by atoms with E-state index in [1.54, 1.807) is 25.3 Å². The number of methoxy groups -OCH3 is 1. The van der Waals surface area contributed by atoms with E-state index >= 15 is 0 Å². The minimum Gasteiger partial charge on any atom is -0.507 e. The van der Waals surface area contributed by atoms with Gasteiger partial charge in [0.15, 0.2) is 5.78 Å². The molecule has 0 radical (unpaired) electrons. The van der Waals surface area contributed by atoms with E-state index < -0.39 is 11.7 Å². The number of carbonyl (C=O) groups excluding carboxylic acids is 1. The lowest BCUT2D eigenvalue weighted by Crippen LogP contribution is -2.18. The Labute approximate surface area is 167 Å². The van der Waals surface area contributed by atoms with Crippen LogP contribution in [0.2, 0.25) is 0 Å². The van der Waals surface area contributed by atoms with Gasteiger partial charge in [-0.15, -0.1) is 0 Å². The molecule has 146 valence electrons. The van der Waals surface area contributed by atoms with Gasteiger partial charge < -0.3 is 14.6 Å². The molecular formula is C24H19FO4. The zero-order valence-electron chi connectivity index (χ0n) is 16.0. The van der Waals surface area contributed by atoms with Gasteiger partial charge >= 0.3 is 0 Å². The number of fused-ring (bicyclic) bond motifs is 2. The normalized spacial score (nSPS) is 15.5. The van der Waals surface area contributed by atoms with E-state index in [9.17, 15) is 14.3 Å². The maximum Gasteiger partial charge on any atom is 0.160 e. The van der Waals surface area contributed by atoms with Gasteiger partial charge in [0.05, 0.1) is 7.11 Å². The Kier molecular flexibility index (Phi) is 4.80. The molecule has 1 heterocycles. The van der Waals surface area contributed by atoms with E-state index in [0.717, 1.165) is 5.56 Å². The molecule has 0 spiro atoms. The van der Waals surface area contributed by atoms with E-state index in [2.05, 4.69) is 0 Å². The van der Waals surface area contributed by atoms with Crippen LogP contribution in [-0.4, -0.2) is 18.0 Å². The van der Waals surface area contributed by atoms with Crippen LogP contribution in [0.3, 0.4) is 0 Å². The fourth-order valence-corrected chi connectivity index (χ4v) is 3.65. The molecule has 0 unspecified atom stereocenters. The largest absolute Gasteiger partial charge is 0.507 e. The van der Waals surface area contributed by atoms with Crippen LogP contribution in [-0.2, 0) is 4.79 Å². The van der Waals surface area contributed by atoms with Crippen LogP contribution < -0.4 is 9.47 Å². The van der Waals surface area contributed by atoms with Crippen molar-refractivity contribution in [2.45, 2.75) is 12.8 Å². The summed E-state index contributed by atoms with van der Waals surface area (Å²) in [7, 11) is 1.56. The van der Waals surface area contributed by atoms with Crippen LogP contribution >= 0.6 is 0 Å². The highest BCUT2D eigenvalue weighted by molar-refractivity contribution is 6.02. The fraction of sp³-hybridized carbons (Fsp3) is 0.125. The molecule has 1 atom stereocenters. The van der Waals surface area contributed by atoms with Crippen molar-refractivity contribution in [1.82, 2.24) is 0 Å². The second-order valence-corrected chi connectivity index (χ2v) is 6.80. The Morgan fingerprint density at radius 1 is 1.00 bits per heavy atom. The SMILES string of the molecule is COc1ccc2c(c1)[C@@H](/C(C(C)=O)=C(/O)c1ccc(F)cc1)c1ccccc1O2. The number of carbonyl (C=O) groups is 1. The molecule has 0 amide bonds. The molecule has 29 heavy (non-hydrogen) atoms. The number of Topliss-reactive ketones (excluding diaryl/α,β-unsaturated/α-hetero) is 1. The summed E-state index contributed by atoms with van der Waals surface area (Å²) in [4.78, 5) is 12.7. The number of hydrogen-bond donors (Lipinski definition) is 1. The number of aliphatic hydroxyl groups excluding tert-OH is 1. The Bertz CT molecular complexity index is 1120. The smallest absolute Gasteiger partial charge is 0.160 e. The second kappa shape index (κ2) is 7.43. The zero-order valence-corrected chi connectivity index (χ0v) is 16.0. The second-order valence-electron chi connectivity index (χ2n) is 6.80. The molecular weight excluding hydrogens is 371 g/mol. The standard InChI is InChI=1S/C24H19FO4/c1-14(26)22(24(27)15-7-9-16(25)10-8-15)23-18-5-3-4-6-20(18)29-21-12-11-17(28-2)13-19(21)23/h3-13,23,27H,1-2H3/b24-22+/t23-/m0/s1. The number of ketones is 1. The highest BCUT2D eigenvalue weighted by Crippen LogP contribution is 2.49. The van der Waals surface area contributed by atoms with Gasteiger partial charge in [0.2, 0.25) is 0 Å². The van der Waals surface area contributed by atoms with Gasteiger partial charge in [-0.05, 0) is 55.5 Å².